The minimum absolute atomic E-state index is 0.145. The van der Waals surface area contributed by atoms with Crippen LogP contribution in [0.2, 0.25) is 0 Å². The van der Waals surface area contributed by atoms with Gasteiger partial charge in [-0.2, -0.15) is 8.78 Å². The van der Waals surface area contributed by atoms with Crippen LogP contribution >= 0.6 is 0 Å². The van der Waals surface area contributed by atoms with Crippen LogP contribution in [0, 0.1) is 5.92 Å². The van der Waals surface area contributed by atoms with Gasteiger partial charge in [-0.05, 0) is 12.8 Å². The van der Waals surface area contributed by atoms with E-state index >= 15 is 0 Å². The lowest BCUT2D eigenvalue weighted by molar-refractivity contribution is -0.347. The molecule has 1 nitrogen and oxygen atoms in total. The van der Waals surface area contributed by atoms with Gasteiger partial charge in [0.1, 0.15) is 6.67 Å². The molecule has 2 unspecified atom stereocenters. The fourth-order valence-electron chi connectivity index (χ4n) is 1.63. The molecule has 0 spiro atoms. The van der Waals surface area contributed by atoms with Gasteiger partial charge in [-0.1, -0.05) is 6.92 Å². The van der Waals surface area contributed by atoms with Gasteiger partial charge in [-0.25, -0.2) is 8.78 Å². The van der Waals surface area contributed by atoms with E-state index < -0.39 is 24.4 Å². The van der Waals surface area contributed by atoms with Crippen LogP contribution in [0.4, 0.5) is 17.6 Å². The van der Waals surface area contributed by atoms with E-state index in [0.29, 0.717) is 0 Å². The first-order valence-corrected chi connectivity index (χ1v) is 4.24. The highest BCUT2D eigenvalue weighted by atomic mass is 19.3. The summed E-state index contributed by atoms with van der Waals surface area (Å²) in [7, 11) is 0. The van der Waals surface area contributed by atoms with Crippen LogP contribution < -0.4 is 0 Å². The van der Waals surface area contributed by atoms with E-state index in [4.69, 9.17) is 0 Å². The Labute approximate surface area is 74.1 Å². The summed E-state index contributed by atoms with van der Waals surface area (Å²) in [5.74, 6) is -0.957. The second-order valence-electron chi connectivity index (χ2n) is 3.26. The summed E-state index contributed by atoms with van der Waals surface area (Å²) >= 11 is 0. The van der Waals surface area contributed by atoms with Crippen molar-refractivity contribution in [1.29, 1.82) is 0 Å². The molecule has 0 saturated carbocycles. The lowest BCUT2D eigenvalue weighted by Crippen LogP contribution is -2.56. The Morgan fingerprint density at radius 2 is 2.00 bits per heavy atom. The highest BCUT2D eigenvalue weighted by molar-refractivity contribution is 4.96. The number of halogens is 4. The quantitative estimate of drug-likeness (QED) is 0.623. The normalized spacial score (nSPS) is 39.0. The highest BCUT2D eigenvalue weighted by Crippen LogP contribution is 2.46. The molecule has 1 saturated heterocycles. The number of hydrogen-bond acceptors (Lipinski definition) is 1. The predicted molar refractivity (Wildman–Crippen MR) is 39.1 cm³/mol. The van der Waals surface area contributed by atoms with Gasteiger partial charge in [0.15, 0.2) is 0 Å². The molecule has 0 amide bonds. The van der Waals surface area contributed by atoms with Crippen molar-refractivity contribution in [1.82, 2.24) is 0 Å². The topological polar surface area (TPSA) is 9.23 Å². The molecule has 0 aromatic rings. The van der Waals surface area contributed by atoms with Crippen molar-refractivity contribution in [2.45, 2.75) is 31.5 Å². The Morgan fingerprint density at radius 3 is 2.38 bits per heavy atom. The largest absolute Gasteiger partial charge is 0.392 e. The first-order valence-electron chi connectivity index (χ1n) is 4.24. The van der Waals surface area contributed by atoms with Crippen molar-refractivity contribution < 1.29 is 22.3 Å². The van der Waals surface area contributed by atoms with Crippen molar-refractivity contribution in [3.8, 4) is 0 Å². The molecule has 1 rings (SSSR count). The maximum Gasteiger partial charge on any atom is 0.392 e. The Balaban J connectivity index is 2.90. The second kappa shape index (κ2) is 3.44. The van der Waals surface area contributed by atoms with Gasteiger partial charge in [0, 0.05) is 5.92 Å². The summed E-state index contributed by atoms with van der Waals surface area (Å²) in [5, 5.41) is 0. The molecular formula is C8H12F4O. The van der Waals surface area contributed by atoms with Crippen molar-refractivity contribution in [3.63, 3.8) is 0 Å². The fourth-order valence-corrected chi connectivity index (χ4v) is 1.63. The molecule has 1 fully saturated rings. The second-order valence-corrected chi connectivity index (χ2v) is 3.26. The van der Waals surface area contributed by atoms with Gasteiger partial charge >= 0.3 is 6.11 Å². The molecule has 1 aliphatic rings. The molecule has 0 aromatic carbocycles. The smallest absolute Gasteiger partial charge is 0.318 e. The zero-order valence-electron chi connectivity index (χ0n) is 7.33. The summed E-state index contributed by atoms with van der Waals surface area (Å²) in [4.78, 5) is 0. The number of alkyl halides is 4. The molecule has 0 aromatic heterocycles. The third-order valence-electron chi connectivity index (χ3n) is 2.57. The predicted octanol–water partition coefficient (Wildman–Crippen LogP) is 2.70. The molecule has 78 valence electrons. The van der Waals surface area contributed by atoms with Crippen LogP contribution in [0.1, 0.15) is 19.8 Å². The van der Waals surface area contributed by atoms with Crippen molar-refractivity contribution >= 4 is 0 Å². The first-order chi connectivity index (χ1) is 5.98. The van der Waals surface area contributed by atoms with Gasteiger partial charge in [-0.3, -0.25) is 0 Å². The van der Waals surface area contributed by atoms with E-state index in [0.717, 1.165) is 0 Å². The average molecular weight is 200 g/mol. The van der Waals surface area contributed by atoms with E-state index in [1.54, 1.807) is 6.92 Å². The fraction of sp³-hybridized carbons (Fsp3) is 1.00. The summed E-state index contributed by atoms with van der Waals surface area (Å²) in [6.45, 7) is -0.342. The van der Waals surface area contributed by atoms with Crippen molar-refractivity contribution in [3.05, 3.63) is 0 Å². The van der Waals surface area contributed by atoms with E-state index in [1.807, 2.05) is 0 Å². The van der Waals surface area contributed by atoms with Gasteiger partial charge in [0.25, 0.3) is 0 Å². The zero-order chi connectivity index (χ0) is 10.1. The van der Waals surface area contributed by atoms with Crippen molar-refractivity contribution in [2.24, 2.45) is 5.92 Å². The number of ether oxygens (including phenoxy) is 1. The molecule has 2 atom stereocenters. The molecule has 0 N–H and O–H groups in total. The van der Waals surface area contributed by atoms with E-state index in [9.17, 15) is 17.6 Å². The van der Waals surface area contributed by atoms with E-state index in [2.05, 4.69) is 4.74 Å². The summed E-state index contributed by atoms with van der Waals surface area (Å²) in [6, 6.07) is 0. The standard InChI is InChI=1S/C8H12F4O/c1-2-6-3-4-13-8(11,12)7(6,10)5-9/h6H,2-5H2,1H3. The minimum Gasteiger partial charge on any atom is -0.318 e. The van der Waals surface area contributed by atoms with Gasteiger partial charge in [0.05, 0.1) is 6.61 Å². The van der Waals surface area contributed by atoms with Crippen LogP contribution in [0.5, 0.6) is 0 Å². The first kappa shape index (κ1) is 10.8. The average Bonchev–Trinajstić information content (AvgIpc) is 2.09. The zero-order valence-corrected chi connectivity index (χ0v) is 7.33. The Morgan fingerprint density at radius 1 is 1.38 bits per heavy atom. The third-order valence-corrected chi connectivity index (χ3v) is 2.57. The van der Waals surface area contributed by atoms with E-state index in [-0.39, 0.29) is 19.4 Å². The van der Waals surface area contributed by atoms with Gasteiger partial charge < -0.3 is 4.74 Å². The Bertz CT molecular complexity index is 185. The number of rotatable bonds is 2. The Hall–Kier alpha value is -0.320. The molecule has 0 aliphatic carbocycles. The van der Waals surface area contributed by atoms with Crippen LogP contribution in [0.25, 0.3) is 0 Å². The molecule has 1 heterocycles. The molecule has 5 heteroatoms. The number of hydrogen-bond donors (Lipinski definition) is 0. The van der Waals surface area contributed by atoms with Gasteiger partial charge in [0.2, 0.25) is 5.67 Å². The molecule has 0 radical (unpaired) electrons. The molecule has 1 aliphatic heterocycles. The lowest BCUT2D eigenvalue weighted by atomic mass is 9.83. The minimum atomic E-state index is -3.99. The van der Waals surface area contributed by atoms with Crippen LogP contribution in [0.3, 0.4) is 0 Å². The van der Waals surface area contributed by atoms with Crippen molar-refractivity contribution in [2.75, 3.05) is 13.3 Å². The summed E-state index contributed by atoms with van der Waals surface area (Å²) < 4.78 is 55.4. The van der Waals surface area contributed by atoms with E-state index in [1.165, 1.54) is 0 Å². The lowest BCUT2D eigenvalue weighted by Gasteiger charge is -2.40. The SMILES string of the molecule is CCC1CCOC(F)(F)C1(F)CF. The molecular weight excluding hydrogens is 188 g/mol. The third kappa shape index (κ3) is 1.54. The van der Waals surface area contributed by atoms with Gasteiger partial charge in [-0.15, -0.1) is 0 Å². The van der Waals surface area contributed by atoms with Crippen LogP contribution in [-0.2, 0) is 4.74 Å². The molecule has 13 heavy (non-hydrogen) atoms. The molecule has 0 bridgehead atoms. The summed E-state index contributed by atoms with van der Waals surface area (Å²) in [6.07, 6.45) is -3.65. The Kier molecular flexibility index (Phi) is 2.85. The summed E-state index contributed by atoms with van der Waals surface area (Å²) in [5.41, 5.74) is -3.14. The maximum atomic E-state index is 13.5. The van der Waals surface area contributed by atoms with Crippen LogP contribution in [-0.4, -0.2) is 25.1 Å². The monoisotopic (exact) mass is 200 g/mol. The highest BCUT2D eigenvalue weighted by Gasteiger charge is 2.62. The maximum absolute atomic E-state index is 13.5. The van der Waals surface area contributed by atoms with Crippen LogP contribution in [0.15, 0.2) is 0 Å².